The van der Waals surface area contributed by atoms with Crippen molar-refractivity contribution < 1.29 is 14.4 Å². The second-order valence-electron chi connectivity index (χ2n) is 4.12. The van der Waals surface area contributed by atoms with E-state index >= 15 is 0 Å². The quantitative estimate of drug-likeness (QED) is 0.809. The van der Waals surface area contributed by atoms with E-state index in [1.807, 2.05) is 6.92 Å². The Morgan fingerprint density at radius 3 is 2.88 bits per heavy atom. The number of aliphatic hydroxyl groups excluding tert-OH is 1. The van der Waals surface area contributed by atoms with Gasteiger partial charge in [-0.15, -0.1) is 0 Å². The number of aliphatic hydroxyl groups is 1. The van der Waals surface area contributed by atoms with Crippen molar-refractivity contribution in [2.75, 3.05) is 13.2 Å². The average molecular weight is 261 g/mol. The van der Waals surface area contributed by atoms with Crippen LogP contribution in [0.2, 0.25) is 5.22 Å². The summed E-state index contributed by atoms with van der Waals surface area (Å²) in [5, 5.41) is 15.4. The molecule has 5 nitrogen and oxygen atoms in total. The minimum Gasteiger partial charge on any atom is -0.396 e. The molecular formula is C11H17ClN2O3. The fourth-order valence-electron chi connectivity index (χ4n) is 1.39. The van der Waals surface area contributed by atoms with Gasteiger partial charge < -0.3 is 14.9 Å². The van der Waals surface area contributed by atoms with E-state index in [0.29, 0.717) is 24.2 Å². The molecule has 0 saturated heterocycles. The van der Waals surface area contributed by atoms with Crippen molar-refractivity contribution >= 4 is 17.5 Å². The molecule has 0 spiro atoms. The minimum atomic E-state index is -0.122. The zero-order chi connectivity index (χ0) is 12.8. The van der Waals surface area contributed by atoms with Gasteiger partial charge in [-0.25, -0.2) is 0 Å². The first-order valence-corrected chi connectivity index (χ1v) is 5.90. The van der Waals surface area contributed by atoms with Crippen molar-refractivity contribution in [2.24, 2.45) is 5.92 Å². The van der Waals surface area contributed by atoms with Crippen molar-refractivity contribution in [3.8, 4) is 0 Å². The molecule has 0 aliphatic heterocycles. The molecule has 0 saturated carbocycles. The zero-order valence-corrected chi connectivity index (χ0v) is 10.8. The number of nitrogens with one attached hydrogen (secondary N) is 1. The number of nitrogens with zero attached hydrogens (tertiary/aromatic N) is 1. The number of carbonyl (C=O) groups is 1. The number of aromatic nitrogens is 1. The molecule has 6 heteroatoms. The second kappa shape index (κ2) is 6.61. The van der Waals surface area contributed by atoms with Gasteiger partial charge in [-0.3, -0.25) is 4.79 Å². The van der Waals surface area contributed by atoms with Gasteiger partial charge in [0.2, 0.25) is 11.1 Å². The van der Waals surface area contributed by atoms with Crippen LogP contribution in [0.1, 0.15) is 24.6 Å². The molecule has 0 radical (unpaired) electrons. The Labute approximate surface area is 105 Å². The molecule has 0 aliphatic carbocycles. The van der Waals surface area contributed by atoms with Gasteiger partial charge in [0.15, 0.2) is 0 Å². The zero-order valence-electron chi connectivity index (χ0n) is 9.99. The predicted octanol–water partition coefficient (Wildman–Crippen LogP) is 1.31. The Bertz CT molecular complexity index is 359. The number of hydrogen-bond acceptors (Lipinski definition) is 4. The van der Waals surface area contributed by atoms with Crippen LogP contribution in [0.5, 0.6) is 0 Å². The maximum absolute atomic E-state index is 11.6. The Balaban J connectivity index is 2.40. The molecule has 1 aromatic rings. The van der Waals surface area contributed by atoms with Crippen LogP contribution in [0, 0.1) is 12.8 Å². The molecule has 1 aromatic heterocycles. The molecule has 0 aromatic carbocycles. The molecular weight excluding hydrogens is 244 g/mol. The molecule has 2 N–H and O–H groups in total. The summed E-state index contributed by atoms with van der Waals surface area (Å²) >= 11 is 5.76. The van der Waals surface area contributed by atoms with E-state index in [2.05, 4.69) is 10.5 Å². The van der Waals surface area contributed by atoms with Crippen LogP contribution in [-0.4, -0.2) is 29.3 Å². The van der Waals surface area contributed by atoms with Crippen molar-refractivity contribution in [3.63, 3.8) is 0 Å². The molecule has 1 atom stereocenters. The number of hydrogen-bond donors (Lipinski definition) is 2. The number of carbonyl (C=O) groups excluding carboxylic acids is 1. The van der Waals surface area contributed by atoms with Crippen LogP contribution in [0.4, 0.5) is 0 Å². The van der Waals surface area contributed by atoms with Crippen molar-refractivity contribution in [3.05, 3.63) is 16.5 Å². The minimum absolute atomic E-state index is 0.122. The van der Waals surface area contributed by atoms with Crippen LogP contribution in [-0.2, 0) is 11.2 Å². The third-order valence-electron chi connectivity index (χ3n) is 2.54. The molecule has 1 rings (SSSR count). The maximum Gasteiger partial charge on any atom is 0.229 e. The van der Waals surface area contributed by atoms with Gasteiger partial charge in [0.05, 0.1) is 12.1 Å². The summed E-state index contributed by atoms with van der Waals surface area (Å²) in [6.45, 7) is 4.38. The van der Waals surface area contributed by atoms with Crippen LogP contribution < -0.4 is 5.32 Å². The average Bonchev–Trinajstić information content (AvgIpc) is 2.58. The SMILES string of the molecule is Cc1noc(Cl)c1CC(=O)NCC(C)CCO. The number of amides is 1. The predicted molar refractivity (Wildman–Crippen MR) is 63.8 cm³/mol. The van der Waals surface area contributed by atoms with E-state index in [9.17, 15) is 4.79 Å². The molecule has 17 heavy (non-hydrogen) atoms. The van der Waals surface area contributed by atoms with Gasteiger partial charge in [-0.05, 0) is 30.9 Å². The van der Waals surface area contributed by atoms with Crippen LogP contribution >= 0.6 is 11.6 Å². The third-order valence-corrected chi connectivity index (χ3v) is 2.84. The molecule has 0 fully saturated rings. The maximum atomic E-state index is 11.6. The van der Waals surface area contributed by atoms with E-state index in [1.165, 1.54) is 0 Å². The molecule has 96 valence electrons. The standard InChI is InChI=1S/C11H17ClN2O3/c1-7(3-4-15)6-13-10(16)5-9-8(2)14-17-11(9)12/h7,15H,3-6H2,1-2H3,(H,13,16). The topological polar surface area (TPSA) is 75.4 Å². The van der Waals surface area contributed by atoms with Gasteiger partial charge in [-0.2, -0.15) is 0 Å². The summed E-state index contributed by atoms with van der Waals surface area (Å²) in [6.07, 6.45) is 0.841. The van der Waals surface area contributed by atoms with E-state index in [1.54, 1.807) is 6.92 Å². The van der Waals surface area contributed by atoms with Gasteiger partial charge in [-0.1, -0.05) is 12.1 Å². The van der Waals surface area contributed by atoms with Crippen LogP contribution in [0.3, 0.4) is 0 Å². The summed E-state index contributed by atoms with van der Waals surface area (Å²) in [5.41, 5.74) is 1.26. The normalized spacial score (nSPS) is 12.5. The molecule has 0 aliphatic rings. The lowest BCUT2D eigenvalue weighted by Gasteiger charge is -2.10. The summed E-state index contributed by atoms with van der Waals surface area (Å²) < 4.78 is 4.76. The van der Waals surface area contributed by atoms with Crippen LogP contribution in [0.15, 0.2) is 4.52 Å². The summed E-state index contributed by atoms with van der Waals surface area (Å²) in [7, 11) is 0. The Morgan fingerprint density at radius 1 is 1.65 bits per heavy atom. The highest BCUT2D eigenvalue weighted by molar-refractivity contribution is 6.29. The highest BCUT2D eigenvalue weighted by Gasteiger charge is 2.15. The van der Waals surface area contributed by atoms with Gasteiger partial charge >= 0.3 is 0 Å². The molecule has 1 amide bonds. The second-order valence-corrected chi connectivity index (χ2v) is 4.46. The summed E-state index contributed by atoms with van der Waals surface area (Å²) in [4.78, 5) is 11.6. The summed E-state index contributed by atoms with van der Waals surface area (Å²) in [5.74, 6) is 0.131. The number of halogens is 1. The van der Waals surface area contributed by atoms with Gasteiger partial charge in [0.1, 0.15) is 0 Å². The first kappa shape index (κ1) is 14.0. The monoisotopic (exact) mass is 260 g/mol. The fraction of sp³-hybridized carbons (Fsp3) is 0.636. The summed E-state index contributed by atoms with van der Waals surface area (Å²) in [6, 6.07) is 0. The van der Waals surface area contributed by atoms with Gasteiger partial charge in [0, 0.05) is 18.7 Å². The lowest BCUT2D eigenvalue weighted by molar-refractivity contribution is -0.120. The molecule has 0 bridgehead atoms. The molecule has 1 unspecified atom stereocenters. The van der Waals surface area contributed by atoms with Crippen LogP contribution in [0.25, 0.3) is 0 Å². The lowest BCUT2D eigenvalue weighted by Crippen LogP contribution is -2.30. The highest BCUT2D eigenvalue weighted by Crippen LogP contribution is 2.19. The van der Waals surface area contributed by atoms with E-state index in [-0.39, 0.29) is 30.1 Å². The van der Waals surface area contributed by atoms with Crippen molar-refractivity contribution in [2.45, 2.75) is 26.7 Å². The largest absolute Gasteiger partial charge is 0.396 e. The van der Waals surface area contributed by atoms with Gasteiger partial charge in [0.25, 0.3) is 0 Å². The van der Waals surface area contributed by atoms with E-state index in [0.717, 1.165) is 0 Å². The van der Waals surface area contributed by atoms with Crippen molar-refractivity contribution in [1.29, 1.82) is 0 Å². The number of aryl methyl sites for hydroxylation is 1. The lowest BCUT2D eigenvalue weighted by atomic mass is 10.1. The Morgan fingerprint density at radius 2 is 2.35 bits per heavy atom. The third kappa shape index (κ3) is 4.36. The first-order valence-electron chi connectivity index (χ1n) is 5.52. The number of rotatable bonds is 6. The first-order chi connectivity index (χ1) is 8.04. The van der Waals surface area contributed by atoms with E-state index < -0.39 is 0 Å². The Kier molecular flexibility index (Phi) is 5.44. The van der Waals surface area contributed by atoms with Crippen molar-refractivity contribution in [1.82, 2.24) is 10.5 Å². The fourth-order valence-corrected chi connectivity index (χ4v) is 1.63. The smallest absolute Gasteiger partial charge is 0.229 e. The van der Waals surface area contributed by atoms with E-state index in [4.69, 9.17) is 21.2 Å². The highest BCUT2D eigenvalue weighted by atomic mass is 35.5. The molecule has 1 heterocycles. The Hall–Kier alpha value is -1.07.